The lowest BCUT2D eigenvalue weighted by molar-refractivity contribution is 0.419. The molecule has 3 aromatic rings. The Balaban J connectivity index is 1.49. The van der Waals surface area contributed by atoms with Crippen molar-refractivity contribution < 1.29 is 4.52 Å². The second-order valence-electron chi connectivity index (χ2n) is 7.64. The molecule has 1 aliphatic rings. The van der Waals surface area contributed by atoms with E-state index in [1.54, 1.807) is 30.2 Å². The first-order chi connectivity index (χ1) is 14.0. The molecule has 4 rings (SSSR count). The fraction of sp³-hybridized carbons (Fsp3) is 0.450. The van der Waals surface area contributed by atoms with Crippen molar-refractivity contribution in [2.75, 3.05) is 23.3 Å². The molecule has 0 saturated carbocycles. The van der Waals surface area contributed by atoms with Crippen LogP contribution in [0.15, 0.2) is 40.0 Å². The molecule has 0 aliphatic carbocycles. The molecule has 0 amide bonds. The molecule has 1 saturated heterocycles. The number of hydrogen-bond acceptors (Lipinski definition) is 8. The van der Waals surface area contributed by atoms with Crippen molar-refractivity contribution in [3.05, 3.63) is 46.9 Å². The lowest BCUT2D eigenvalue weighted by Crippen LogP contribution is -2.45. The van der Waals surface area contributed by atoms with Crippen LogP contribution in [0.2, 0.25) is 0 Å². The summed E-state index contributed by atoms with van der Waals surface area (Å²) in [5.41, 5.74) is 0.749. The van der Waals surface area contributed by atoms with Crippen LogP contribution in [0, 0.1) is 0 Å². The molecular weight excluding hydrogens is 370 g/mol. The zero-order chi connectivity index (χ0) is 20.4. The quantitative estimate of drug-likeness (QED) is 0.703. The number of piperidine rings is 1. The Hall–Kier alpha value is -3.23. The van der Waals surface area contributed by atoms with E-state index >= 15 is 0 Å². The average Bonchev–Trinajstić information content (AvgIpc) is 3.21. The maximum absolute atomic E-state index is 12.4. The van der Waals surface area contributed by atoms with Gasteiger partial charge in [-0.3, -0.25) is 4.79 Å². The topological polar surface area (TPSA) is 102 Å². The second kappa shape index (κ2) is 8.02. The zero-order valence-electron chi connectivity index (χ0n) is 16.9. The Labute approximate surface area is 168 Å². The Morgan fingerprint density at radius 1 is 1.28 bits per heavy atom. The van der Waals surface area contributed by atoms with Gasteiger partial charge in [0.05, 0.1) is 0 Å². The molecule has 1 aliphatic heterocycles. The third-order valence-corrected chi connectivity index (χ3v) is 5.04. The van der Waals surface area contributed by atoms with E-state index in [1.165, 1.54) is 0 Å². The monoisotopic (exact) mass is 395 g/mol. The molecule has 0 radical (unpaired) electrons. The first-order valence-electron chi connectivity index (χ1n) is 9.84. The van der Waals surface area contributed by atoms with Crippen molar-refractivity contribution in [3.63, 3.8) is 0 Å². The second-order valence-corrected chi connectivity index (χ2v) is 7.64. The maximum atomic E-state index is 12.4. The van der Waals surface area contributed by atoms with Crippen LogP contribution in [0.1, 0.15) is 38.4 Å². The smallest absolute Gasteiger partial charge is 0.293 e. The van der Waals surface area contributed by atoms with Gasteiger partial charge in [-0.2, -0.15) is 4.98 Å². The molecule has 3 aromatic heterocycles. The number of hydrogen-bond donors (Lipinski definition) is 1. The molecule has 1 fully saturated rings. The summed E-state index contributed by atoms with van der Waals surface area (Å²) in [4.78, 5) is 27.6. The van der Waals surface area contributed by atoms with E-state index < -0.39 is 0 Å². The minimum atomic E-state index is -0.0781. The van der Waals surface area contributed by atoms with E-state index in [2.05, 4.69) is 25.4 Å². The van der Waals surface area contributed by atoms with Gasteiger partial charge in [-0.1, -0.05) is 19.0 Å². The number of pyridine rings is 1. The Kier molecular flexibility index (Phi) is 5.28. The average molecular weight is 395 g/mol. The summed E-state index contributed by atoms with van der Waals surface area (Å²) in [6, 6.07) is 3.93. The molecule has 1 atom stereocenters. The number of nitrogens with one attached hydrogen (secondary N) is 1. The summed E-state index contributed by atoms with van der Waals surface area (Å²) in [5, 5.41) is 7.50. The van der Waals surface area contributed by atoms with Gasteiger partial charge in [0, 0.05) is 56.3 Å². The van der Waals surface area contributed by atoms with Gasteiger partial charge in [-0.15, -0.1) is 0 Å². The lowest BCUT2D eigenvalue weighted by atomic mass is 10.1. The van der Waals surface area contributed by atoms with Gasteiger partial charge in [-0.05, 0) is 25.0 Å². The minimum absolute atomic E-state index is 0.0781. The van der Waals surface area contributed by atoms with Crippen LogP contribution in [0.25, 0.3) is 11.5 Å². The van der Waals surface area contributed by atoms with E-state index in [1.807, 2.05) is 30.9 Å². The SMILES string of the molecule is CC(C)c1noc(-c2ccnc(N[C@H]3CCCN(c4nccn(C)c4=O)C3)c2)n1. The molecule has 0 spiro atoms. The summed E-state index contributed by atoms with van der Waals surface area (Å²) in [6.07, 6.45) is 7.02. The van der Waals surface area contributed by atoms with Gasteiger partial charge in [0.1, 0.15) is 5.82 Å². The summed E-state index contributed by atoms with van der Waals surface area (Å²) < 4.78 is 6.94. The van der Waals surface area contributed by atoms with Crippen LogP contribution in [-0.4, -0.2) is 43.8 Å². The van der Waals surface area contributed by atoms with Crippen LogP contribution >= 0.6 is 0 Å². The van der Waals surface area contributed by atoms with Crippen LogP contribution in [0.5, 0.6) is 0 Å². The summed E-state index contributed by atoms with van der Waals surface area (Å²) >= 11 is 0. The number of anilines is 2. The molecule has 152 valence electrons. The summed E-state index contributed by atoms with van der Waals surface area (Å²) in [5.74, 6) is 2.62. The van der Waals surface area contributed by atoms with Crippen molar-refractivity contribution in [1.82, 2.24) is 24.7 Å². The fourth-order valence-corrected chi connectivity index (χ4v) is 3.43. The number of aryl methyl sites for hydroxylation is 1. The minimum Gasteiger partial charge on any atom is -0.366 e. The van der Waals surface area contributed by atoms with Gasteiger partial charge in [-0.25, -0.2) is 9.97 Å². The summed E-state index contributed by atoms with van der Waals surface area (Å²) in [7, 11) is 1.74. The van der Waals surface area contributed by atoms with Gasteiger partial charge in [0.15, 0.2) is 11.6 Å². The fourth-order valence-electron chi connectivity index (χ4n) is 3.43. The molecular formula is C20H25N7O2. The van der Waals surface area contributed by atoms with Crippen LogP contribution in [0.4, 0.5) is 11.6 Å². The predicted molar refractivity (Wildman–Crippen MR) is 110 cm³/mol. The van der Waals surface area contributed by atoms with Gasteiger partial charge in [0.2, 0.25) is 0 Å². The molecule has 0 aromatic carbocycles. The highest BCUT2D eigenvalue weighted by Crippen LogP contribution is 2.23. The zero-order valence-corrected chi connectivity index (χ0v) is 16.9. The van der Waals surface area contributed by atoms with E-state index in [0.29, 0.717) is 24.1 Å². The highest BCUT2D eigenvalue weighted by Gasteiger charge is 2.23. The van der Waals surface area contributed by atoms with E-state index in [9.17, 15) is 4.79 Å². The maximum Gasteiger partial charge on any atom is 0.293 e. The van der Waals surface area contributed by atoms with Crippen LogP contribution in [0.3, 0.4) is 0 Å². The molecule has 0 bridgehead atoms. The standard InChI is InChI=1S/C20H25N7O2/c1-13(2)17-24-19(29-25-17)14-6-7-21-16(11-14)23-15-5-4-9-27(12-15)18-20(28)26(3)10-8-22-18/h6-8,10-11,13,15H,4-5,9,12H2,1-3H3,(H,21,23)/t15-/m0/s1. The third-order valence-electron chi connectivity index (χ3n) is 5.04. The molecule has 29 heavy (non-hydrogen) atoms. The number of aromatic nitrogens is 5. The Bertz CT molecular complexity index is 1040. The molecule has 9 nitrogen and oxygen atoms in total. The van der Waals surface area contributed by atoms with Crippen molar-refractivity contribution in [1.29, 1.82) is 0 Å². The van der Waals surface area contributed by atoms with Gasteiger partial charge in [0.25, 0.3) is 11.4 Å². The lowest BCUT2D eigenvalue weighted by Gasteiger charge is -2.33. The molecule has 1 N–H and O–H groups in total. The highest BCUT2D eigenvalue weighted by atomic mass is 16.5. The first-order valence-corrected chi connectivity index (χ1v) is 9.84. The largest absolute Gasteiger partial charge is 0.366 e. The van der Waals surface area contributed by atoms with Crippen molar-refractivity contribution >= 4 is 11.6 Å². The van der Waals surface area contributed by atoms with Crippen LogP contribution in [-0.2, 0) is 7.05 Å². The van der Waals surface area contributed by atoms with Crippen LogP contribution < -0.4 is 15.8 Å². The van der Waals surface area contributed by atoms with E-state index in [4.69, 9.17) is 4.52 Å². The van der Waals surface area contributed by atoms with Gasteiger partial charge >= 0.3 is 0 Å². The van der Waals surface area contributed by atoms with Crippen molar-refractivity contribution in [3.8, 4) is 11.5 Å². The Morgan fingerprint density at radius 3 is 2.93 bits per heavy atom. The Morgan fingerprint density at radius 2 is 2.14 bits per heavy atom. The molecule has 9 heteroatoms. The highest BCUT2D eigenvalue weighted by molar-refractivity contribution is 5.58. The third kappa shape index (κ3) is 4.13. The number of rotatable bonds is 5. The molecule has 4 heterocycles. The van der Waals surface area contributed by atoms with Crippen molar-refractivity contribution in [2.45, 2.75) is 38.6 Å². The van der Waals surface area contributed by atoms with Gasteiger partial charge < -0.3 is 19.3 Å². The molecule has 0 unspecified atom stereocenters. The van der Waals surface area contributed by atoms with E-state index in [-0.39, 0.29) is 17.5 Å². The van der Waals surface area contributed by atoms with Crippen molar-refractivity contribution in [2.24, 2.45) is 7.05 Å². The van der Waals surface area contributed by atoms with E-state index in [0.717, 1.165) is 30.8 Å². The first kappa shape index (κ1) is 19.1. The summed E-state index contributed by atoms with van der Waals surface area (Å²) in [6.45, 7) is 5.56. The normalized spacial score (nSPS) is 17.0. The predicted octanol–water partition coefficient (Wildman–Crippen LogP) is 2.43. The number of nitrogens with zero attached hydrogens (tertiary/aromatic N) is 6.